The molecule has 1 amide bonds. The van der Waals surface area contributed by atoms with Crippen LogP contribution in [-0.4, -0.2) is 57.8 Å². The van der Waals surface area contributed by atoms with Gasteiger partial charge in [-0.15, -0.1) is 0 Å². The van der Waals surface area contributed by atoms with Crippen LogP contribution in [0.15, 0.2) is 83.8 Å². The first-order valence-electron chi connectivity index (χ1n) is 11.0. The zero-order valence-electron chi connectivity index (χ0n) is 19.8. The molecule has 0 fully saturated rings. The van der Waals surface area contributed by atoms with Crippen molar-refractivity contribution >= 4 is 15.9 Å². The molecule has 3 rings (SSSR count). The third-order valence-electron chi connectivity index (χ3n) is 5.44. The Morgan fingerprint density at radius 2 is 1.47 bits per heavy atom. The molecule has 7 nitrogen and oxygen atoms in total. The average Bonchev–Trinajstić information content (AvgIpc) is 2.84. The Morgan fingerprint density at radius 3 is 2.06 bits per heavy atom. The van der Waals surface area contributed by atoms with Gasteiger partial charge in [-0.25, -0.2) is 8.42 Å². The van der Waals surface area contributed by atoms with Crippen molar-refractivity contribution in [3.05, 3.63) is 95.6 Å². The number of hydrogen-bond acceptors (Lipinski definition) is 5. The lowest BCUT2D eigenvalue weighted by Crippen LogP contribution is -2.33. The third kappa shape index (κ3) is 6.66. The Kier molecular flexibility index (Phi) is 8.81. The molecule has 0 saturated carbocycles. The van der Waals surface area contributed by atoms with Crippen LogP contribution in [0.1, 0.15) is 21.5 Å². The first kappa shape index (κ1) is 25.4. The molecule has 0 aliphatic rings. The molecular formula is C26H31N3O4S. The standard InChI is InChI=1S/C26H31N3O4S/c1-28(19-21-10-6-4-7-11-21)17-16-27-26(30)23-14-15-24(33-3)25(18-23)34(31,32)29(2)20-22-12-8-5-9-13-22/h4-15,18H,16-17,19-20H2,1-3H3,(H,27,30). The first-order chi connectivity index (χ1) is 16.3. The quantitative estimate of drug-likeness (QED) is 0.454. The van der Waals surface area contributed by atoms with E-state index in [0.29, 0.717) is 13.1 Å². The summed E-state index contributed by atoms with van der Waals surface area (Å²) in [6.07, 6.45) is 0. The fraction of sp³-hybridized carbons (Fsp3) is 0.269. The van der Waals surface area contributed by atoms with E-state index in [4.69, 9.17) is 4.74 Å². The SMILES string of the molecule is COc1ccc(C(=O)NCCN(C)Cc2ccccc2)cc1S(=O)(=O)N(C)Cc1ccccc1. The third-order valence-corrected chi connectivity index (χ3v) is 7.26. The van der Waals surface area contributed by atoms with Gasteiger partial charge in [0.15, 0.2) is 0 Å². The van der Waals surface area contributed by atoms with Crippen LogP contribution < -0.4 is 10.1 Å². The molecule has 0 bridgehead atoms. The number of ether oxygens (including phenoxy) is 1. The van der Waals surface area contributed by atoms with Crippen molar-refractivity contribution in [3.8, 4) is 5.75 Å². The van der Waals surface area contributed by atoms with Crippen molar-refractivity contribution in [2.45, 2.75) is 18.0 Å². The van der Waals surface area contributed by atoms with Crippen LogP contribution in [-0.2, 0) is 23.1 Å². The predicted molar refractivity (Wildman–Crippen MR) is 133 cm³/mol. The number of sulfonamides is 1. The maximum absolute atomic E-state index is 13.3. The van der Waals surface area contributed by atoms with Crippen molar-refractivity contribution in [1.29, 1.82) is 0 Å². The number of likely N-dealkylation sites (N-methyl/N-ethyl adjacent to an activating group) is 1. The molecule has 0 atom stereocenters. The van der Waals surface area contributed by atoms with Crippen molar-refractivity contribution in [2.24, 2.45) is 0 Å². The van der Waals surface area contributed by atoms with E-state index in [2.05, 4.69) is 22.3 Å². The molecule has 0 spiro atoms. The summed E-state index contributed by atoms with van der Waals surface area (Å²) in [7, 11) is 1.02. The molecule has 1 N–H and O–H groups in total. The average molecular weight is 482 g/mol. The molecule has 3 aromatic rings. The highest BCUT2D eigenvalue weighted by molar-refractivity contribution is 7.89. The summed E-state index contributed by atoms with van der Waals surface area (Å²) >= 11 is 0. The van der Waals surface area contributed by atoms with Crippen LogP contribution in [0.25, 0.3) is 0 Å². The normalized spacial score (nSPS) is 11.6. The molecule has 3 aromatic carbocycles. The molecule has 0 radical (unpaired) electrons. The summed E-state index contributed by atoms with van der Waals surface area (Å²) in [6, 6.07) is 23.9. The number of carbonyl (C=O) groups excluding carboxylic acids is 1. The van der Waals surface area contributed by atoms with Gasteiger partial charge in [0.1, 0.15) is 10.6 Å². The highest BCUT2D eigenvalue weighted by Gasteiger charge is 2.26. The zero-order valence-corrected chi connectivity index (χ0v) is 20.6. The van der Waals surface area contributed by atoms with Crippen LogP contribution in [0.3, 0.4) is 0 Å². The molecule has 0 aliphatic heterocycles. The molecule has 0 heterocycles. The van der Waals surface area contributed by atoms with Gasteiger partial charge in [0.25, 0.3) is 5.91 Å². The lowest BCUT2D eigenvalue weighted by molar-refractivity contribution is 0.0949. The second kappa shape index (κ2) is 11.8. The van der Waals surface area contributed by atoms with E-state index in [1.54, 1.807) is 6.07 Å². The van der Waals surface area contributed by atoms with E-state index in [0.717, 1.165) is 12.1 Å². The van der Waals surface area contributed by atoms with Crippen molar-refractivity contribution in [2.75, 3.05) is 34.3 Å². The Labute approximate surface area is 202 Å². The van der Waals surface area contributed by atoms with Crippen molar-refractivity contribution in [3.63, 3.8) is 0 Å². The summed E-state index contributed by atoms with van der Waals surface area (Å²) in [5, 5.41) is 2.87. The Bertz CT molecular complexity index is 1190. The first-order valence-corrected chi connectivity index (χ1v) is 12.4. The summed E-state index contributed by atoms with van der Waals surface area (Å²) < 4.78 is 33.1. The Morgan fingerprint density at radius 1 is 0.882 bits per heavy atom. The topological polar surface area (TPSA) is 79.0 Å². The molecule has 0 aliphatic carbocycles. The highest BCUT2D eigenvalue weighted by Crippen LogP contribution is 2.28. The number of benzene rings is 3. The lowest BCUT2D eigenvalue weighted by atomic mass is 10.2. The highest BCUT2D eigenvalue weighted by atomic mass is 32.2. The largest absolute Gasteiger partial charge is 0.495 e. The number of amides is 1. The van der Waals surface area contributed by atoms with E-state index in [1.165, 1.54) is 36.2 Å². The van der Waals surface area contributed by atoms with Crippen molar-refractivity contribution < 1.29 is 17.9 Å². The summed E-state index contributed by atoms with van der Waals surface area (Å²) in [6.45, 7) is 2.07. The number of hydrogen-bond donors (Lipinski definition) is 1. The zero-order chi connectivity index (χ0) is 24.6. The maximum Gasteiger partial charge on any atom is 0.251 e. The van der Waals surface area contributed by atoms with Gasteiger partial charge in [0.2, 0.25) is 10.0 Å². The molecule has 0 saturated heterocycles. The number of nitrogens with zero attached hydrogens (tertiary/aromatic N) is 2. The van der Waals surface area contributed by atoms with E-state index in [-0.39, 0.29) is 28.7 Å². The van der Waals surface area contributed by atoms with Gasteiger partial charge in [-0.1, -0.05) is 60.7 Å². The van der Waals surface area contributed by atoms with Gasteiger partial charge in [-0.3, -0.25) is 4.79 Å². The second-order valence-electron chi connectivity index (χ2n) is 8.09. The number of methoxy groups -OCH3 is 1. The van der Waals surface area contributed by atoms with E-state index >= 15 is 0 Å². The van der Waals surface area contributed by atoms with Gasteiger partial charge in [-0.05, 0) is 36.4 Å². The van der Waals surface area contributed by atoms with Crippen LogP contribution in [0, 0.1) is 0 Å². The van der Waals surface area contributed by atoms with Gasteiger partial charge < -0.3 is 15.0 Å². The Balaban J connectivity index is 1.67. The predicted octanol–water partition coefficient (Wildman–Crippen LogP) is 3.38. The van der Waals surface area contributed by atoms with E-state index in [1.807, 2.05) is 55.6 Å². The fourth-order valence-corrected chi connectivity index (χ4v) is 4.89. The minimum Gasteiger partial charge on any atom is -0.495 e. The number of rotatable bonds is 11. The smallest absolute Gasteiger partial charge is 0.251 e. The number of carbonyl (C=O) groups is 1. The summed E-state index contributed by atoms with van der Waals surface area (Å²) in [4.78, 5) is 14.8. The van der Waals surface area contributed by atoms with Gasteiger partial charge in [0, 0.05) is 38.8 Å². The Hall–Kier alpha value is -3.20. The van der Waals surface area contributed by atoms with Gasteiger partial charge in [0.05, 0.1) is 7.11 Å². The molecule has 8 heteroatoms. The van der Waals surface area contributed by atoms with Crippen molar-refractivity contribution in [1.82, 2.24) is 14.5 Å². The molecular weight excluding hydrogens is 450 g/mol. The maximum atomic E-state index is 13.3. The number of nitrogens with one attached hydrogen (secondary N) is 1. The van der Waals surface area contributed by atoms with Crippen LogP contribution in [0.5, 0.6) is 5.75 Å². The monoisotopic (exact) mass is 481 g/mol. The summed E-state index contributed by atoms with van der Waals surface area (Å²) in [5.41, 5.74) is 2.32. The molecule has 180 valence electrons. The van der Waals surface area contributed by atoms with Crippen LogP contribution in [0.2, 0.25) is 0 Å². The van der Waals surface area contributed by atoms with Crippen LogP contribution in [0.4, 0.5) is 0 Å². The fourth-order valence-electron chi connectivity index (χ4n) is 3.55. The molecule has 34 heavy (non-hydrogen) atoms. The van der Waals surface area contributed by atoms with Crippen LogP contribution >= 0.6 is 0 Å². The van der Waals surface area contributed by atoms with E-state index < -0.39 is 10.0 Å². The minimum absolute atomic E-state index is 0.0396. The van der Waals surface area contributed by atoms with Gasteiger partial charge in [-0.2, -0.15) is 4.31 Å². The molecule has 0 unspecified atom stereocenters. The lowest BCUT2D eigenvalue weighted by Gasteiger charge is -2.20. The van der Waals surface area contributed by atoms with E-state index in [9.17, 15) is 13.2 Å². The summed E-state index contributed by atoms with van der Waals surface area (Å²) in [5.74, 6) is -0.142. The molecule has 0 aromatic heterocycles. The second-order valence-corrected chi connectivity index (χ2v) is 10.1. The minimum atomic E-state index is -3.88. The van der Waals surface area contributed by atoms with Gasteiger partial charge >= 0.3 is 0 Å².